The lowest BCUT2D eigenvalue weighted by molar-refractivity contribution is 0.0599. The second-order valence-electron chi connectivity index (χ2n) is 6.54. The van der Waals surface area contributed by atoms with Gasteiger partial charge in [0, 0.05) is 24.0 Å². The highest BCUT2D eigenvalue weighted by atomic mass is 16.5. The minimum absolute atomic E-state index is 0.238. The molecule has 3 rings (SSSR count). The number of esters is 1. The van der Waals surface area contributed by atoms with E-state index in [2.05, 4.69) is 15.3 Å². The molecule has 0 aliphatic heterocycles. The number of benzene rings is 1. The number of aromatic nitrogens is 2. The summed E-state index contributed by atoms with van der Waals surface area (Å²) in [6.07, 6.45) is 1.65. The van der Waals surface area contributed by atoms with Crippen LogP contribution in [0.4, 0.5) is 0 Å². The number of nitrogens with one attached hydrogen (secondary N) is 2. The molecule has 0 bridgehead atoms. The zero-order valence-electron chi connectivity index (χ0n) is 16.6. The molecule has 2 aromatic heterocycles. The van der Waals surface area contributed by atoms with Crippen LogP contribution in [-0.4, -0.2) is 29.0 Å². The standard InChI is InChI=1S/C22H23N3O4/c1-14-18(22(27)28-3)15(2)25-19(14)20(26)24-12-17-10-7-11-23-21(17)29-13-16-8-5-4-6-9-16/h4-11,25H,12-13H2,1-3H3,(H,24,26). The molecule has 0 atom stereocenters. The highest BCUT2D eigenvalue weighted by molar-refractivity contribution is 6.00. The lowest BCUT2D eigenvalue weighted by Gasteiger charge is -2.11. The number of amides is 1. The van der Waals surface area contributed by atoms with Crippen molar-refractivity contribution < 1.29 is 19.1 Å². The van der Waals surface area contributed by atoms with Gasteiger partial charge in [0.1, 0.15) is 12.3 Å². The molecule has 0 aliphatic rings. The Hall–Kier alpha value is -3.61. The summed E-state index contributed by atoms with van der Waals surface area (Å²) in [6, 6.07) is 13.4. The highest BCUT2D eigenvalue weighted by Gasteiger charge is 2.22. The summed E-state index contributed by atoms with van der Waals surface area (Å²) >= 11 is 0. The van der Waals surface area contributed by atoms with Crippen molar-refractivity contribution in [1.82, 2.24) is 15.3 Å². The zero-order chi connectivity index (χ0) is 20.8. The number of carbonyl (C=O) groups is 2. The van der Waals surface area contributed by atoms with E-state index >= 15 is 0 Å². The van der Waals surface area contributed by atoms with Gasteiger partial charge in [0.2, 0.25) is 5.88 Å². The number of methoxy groups -OCH3 is 1. The molecular weight excluding hydrogens is 370 g/mol. The summed E-state index contributed by atoms with van der Waals surface area (Å²) in [6.45, 7) is 4.06. The predicted octanol–water partition coefficient (Wildman–Crippen LogP) is 3.32. The molecular formula is C22H23N3O4. The SMILES string of the molecule is COC(=O)c1c(C)[nH]c(C(=O)NCc2cccnc2OCc2ccccc2)c1C. The third-order valence-corrected chi connectivity index (χ3v) is 4.56. The van der Waals surface area contributed by atoms with Gasteiger partial charge in [-0.05, 0) is 31.0 Å². The lowest BCUT2D eigenvalue weighted by Crippen LogP contribution is -2.24. The predicted molar refractivity (Wildman–Crippen MR) is 108 cm³/mol. The lowest BCUT2D eigenvalue weighted by atomic mass is 10.1. The Morgan fingerprint density at radius 2 is 1.86 bits per heavy atom. The molecule has 1 aromatic carbocycles. The fourth-order valence-electron chi connectivity index (χ4n) is 3.06. The van der Waals surface area contributed by atoms with Crippen molar-refractivity contribution in [2.24, 2.45) is 0 Å². The van der Waals surface area contributed by atoms with Gasteiger partial charge in [-0.25, -0.2) is 9.78 Å². The van der Waals surface area contributed by atoms with Crippen molar-refractivity contribution in [3.8, 4) is 5.88 Å². The topological polar surface area (TPSA) is 93.3 Å². The number of hydrogen-bond acceptors (Lipinski definition) is 5. The minimum atomic E-state index is -0.473. The molecule has 0 fully saturated rings. The molecule has 7 heteroatoms. The van der Waals surface area contributed by atoms with Gasteiger partial charge in [-0.3, -0.25) is 4.79 Å². The van der Waals surface area contributed by atoms with E-state index in [9.17, 15) is 9.59 Å². The van der Waals surface area contributed by atoms with Gasteiger partial charge in [-0.15, -0.1) is 0 Å². The largest absolute Gasteiger partial charge is 0.473 e. The Morgan fingerprint density at radius 3 is 2.59 bits per heavy atom. The summed E-state index contributed by atoms with van der Waals surface area (Å²) in [5, 5.41) is 2.85. The summed E-state index contributed by atoms with van der Waals surface area (Å²) in [5.74, 6) is -0.330. The molecule has 0 radical (unpaired) electrons. The number of nitrogens with zero attached hydrogens (tertiary/aromatic N) is 1. The van der Waals surface area contributed by atoms with Gasteiger partial charge >= 0.3 is 5.97 Å². The van der Waals surface area contributed by atoms with Crippen molar-refractivity contribution in [1.29, 1.82) is 0 Å². The molecule has 150 valence electrons. The number of H-pyrrole nitrogens is 1. The van der Waals surface area contributed by atoms with E-state index in [0.717, 1.165) is 11.1 Å². The van der Waals surface area contributed by atoms with E-state index in [1.165, 1.54) is 7.11 Å². The van der Waals surface area contributed by atoms with Crippen molar-refractivity contribution in [2.75, 3.05) is 7.11 Å². The first-order valence-corrected chi connectivity index (χ1v) is 9.17. The normalized spacial score (nSPS) is 10.4. The quantitative estimate of drug-likeness (QED) is 0.601. The van der Waals surface area contributed by atoms with Crippen LogP contribution in [0.25, 0.3) is 0 Å². The Balaban J connectivity index is 1.69. The number of aryl methyl sites for hydroxylation is 1. The summed E-state index contributed by atoms with van der Waals surface area (Å²) in [4.78, 5) is 31.8. The molecule has 0 aliphatic carbocycles. The maximum Gasteiger partial charge on any atom is 0.339 e. The molecule has 0 saturated carbocycles. The van der Waals surface area contributed by atoms with E-state index < -0.39 is 5.97 Å². The van der Waals surface area contributed by atoms with Gasteiger partial charge in [-0.1, -0.05) is 36.4 Å². The smallest absolute Gasteiger partial charge is 0.339 e. The number of ether oxygens (including phenoxy) is 2. The first-order valence-electron chi connectivity index (χ1n) is 9.17. The Bertz CT molecular complexity index is 1010. The molecule has 3 aromatic rings. The number of carbonyl (C=O) groups excluding carboxylic acids is 2. The summed E-state index contributed by atoms with van der Waals surface area (Å²) in [7, 11) is 1.31. The van der Waals surface area contributed by atoms with Crippen molar-refractivity contribution in [2.45, 2.75) is 27.0 Å². The van der Waals surface area contributed by atoms with Crippen LogP contribution in [0.1, 0.15) is 43.2 Å². The maximum atomic E-state index is 12.7. The van der Waals surface area contributed by atoms with E-state index in [-0.39, 0.29) is 12.5 Å². The van der Waals surface area contributed by atoms with Crippen LogP contribution >= 0.6 is 0 Å². The van der Waals surface area contributed by atoms with Crippen LogP contribution in [0.3, 0.4) is 0 Å². The van der Waals surface area contributed by atoms with Gasteiger partial charge in [0.15, 0.2) is 0 Å². The van der Waals surface area contributed by atoms with Gasteiger partial charge in [-0.2, -0.15) is 0 Å². The van der Waals surface area contributed by atoms with Crippen molar-refractivity contribution in [3.05, 3.63) is 82.3 Å². The molecule has 7 nitrogen and oxygen atoms in total. The Morgan fingerprint density at radius 1 is 1.10 bits per heavy atom. The zero-order valence-corrected chi connectivity index (χ0v) is 16.6. The van der Waals surface area contributed by atoms with E-state index in [4.69, 9.17) is 9.47 Å². The number of rotatable bonds is 7. The van der Waals surface area contributed by atoms with E-state index in [1.54, 1.807) is 26.1 Å². The summed E-state index contributed by atoms with van der Waals surface area (Å²) < 4.78 is 10.6. The van der Waals surface area contributed by atoms with Gasteiger partial charge in [0.05, 0.1) is 12.7 Å². The minimum Gasteiger partial charge on any atom is -0.473 e. The maximum absolute atomic E-state index is 12.7. The first kappa shape index (κ1) is 20.1. The van der Waals surface area contributed by atoms with Crippen LogP contribution in [-0.2, 0) is 17.9 Å². The number of pyridine rings is 1. The molecule has 0 saturated heterocycles. The van der Waals surface area contributed by atoms with Crippen LogP contribution in [0.5, 0.6) is 5.88 Å². The van der Waals surface area contributed by atoms with Crippen molar-refractivity contribution >= 4 is 11.9 Å². The third kappa shape index (κ3) is 4.63. The Kier molecular flexibility index (Phi) is 6.29. The second-order valence-corrected chi connectivity index (χ2v) is 6.54. The van der Waals surface area contributed by atoms with Gasteiger partial charge in [0.25, 0.3) is 5.91 Å². The molecule has 1 amide bonds. The van der Waals surface area contributed by atoms with E-state index in [0.29, 0.717) is 35.0 Å². The fourth-order valence-corrected chi connectivity index (χ4v) is 3.06. The molecule has 0 spiro atoms. The van der Waals surface area contributed by atoms with Crippen LogP contribution in [0.15, 0.2) is 48.7 Å². The van der Waals surface area contributed by atoms with Crippen LogP contribution < -0.4 is 10.1 Å². The number of aromatic amines is 1. The van der Waals surface area contributed by atoms with E-state index in [1.807, 2.05) is 36.4 Å². The molecule has 2 heterocycles. The summed E-state index contributed by atoms with van der Waals surface area (Å²) in [5.41, 5.74) is 3.64. The average Bonchev–Trinajstić information content (AvgIpc) is 3.05. The fraction of sp³-hybridized carbons (Fsp3) is 0.227. The second kappa shape index (κ2) is 9.05. The Labute approximate surface area is 169 Å². The molecule has 0 unspecified atom stereocenters. The third-order valence-electron chi connectivity index (χ3n) is 4.56. The average molecular weight is 393 g/mol. The molecule has 2 N–H and O–H groups in total. The first-order chi connectivity index (χ1) is 14.0. The van der Waals surface area contributed by atoms with Crippen LogP contribution in [0.2, 0.25) is 0 Å². The number of hydrogen-bond donors (Lipinski definition) is 2. The van der Waals surface area contributed by atoms with Crippen molar-refractivity contribution in [3.63, 3.8) is 0 Å². The van der Waals surface area contributed by atoms with Crippen LogP contribution in [0, 0.1) is 13.8 Å². The van der Waals surface area contributed by atoms with Gasteiger partial charge < -0.3 is 19.8 Å². The molecule has 29 heavy (non-hydrogen) atoms. The monoisotopic (exact) mass is 393 g/mol. The highest BCUT2D eigenvalue weighted by Crippen LogP contribution is 2.20.